The lowest BCUT2D eigenvalue weighted by Gasteiger charge is -2.21. The molecule has 1 fully saturated rings. The van der Waals surface area contributed by atoms with Gasteiger partial charge in [0, 0.05) is 28.4 Å². The largest absolute Gasteiger partial charge is 0.348 e. The highest BCUT2D eigenvalue weighted by molar-refractivity contribution is 6.35. The molecule has 0 radical (unpaired) electrons. The van der Waals surface area contributed by atoms with Crippen LogP contribution in [0.5, 0.6) is 0 Å². The minimum atomic E-state index is -2.74. The summed E-state index contributed by atoms with van der Waals surface area (Å²) in [5.41, 5.74) is 1.20. The number of anilines is 1. The summed E-state index contributed by atoms with van der Waals surface area (Å²) in [6.45, 7) is 6.02. The summed E-state index contributed by atoms with van der Waals surface area (Å²) >= 11 is 12.2. The van der Waals surface area contributed by atoms with Crippen molar-refractivity contribution in [3.8, 4) is 0 Å². The molecule has 0 spiro atoms. The summed E-state index contributed by atoms with van der Waals surface area (Å²) in [7, 11) is 0. The van der Waals surface area contributed by atoms with Crippen molar-refractivity contribution in [2.24, 2.45) is 0 Å². The molecule has 1 aliphatic heterocycles. The molecule has 0 saturated carbocycles. The van der Waals surface area contributed by atoms with E-state index in [9.17, 15) is 8.78 Å². The van der Waals surface area contributed by atoms with E-state index in [0.29, 0.717) is 39.4 Å². The average molecular weight is 441 g/mol. The summed E-state index contributed by atoms with van der Waals surface area (Å²) in [5.74, 6) is -1.82. The van der Waals surface area contributed by atoms with E-state index in [0.717, 1.165) is 5.56 Å². The molecule has 1 aromatic carbocycles. The standard InChI is InChI=1S/C19H20Cl2F2N6/c1-18(2,3)17-24-15-14(16(25-17)28-7-6-19(22,23)10-28)26-29(27-15)9-11-4-5-12(20)8-13(11)21/h4-5,8H,6-7,9-10H2,1-3H3. The van der Waals surface area contributed by atoms with Crippen molar-refractivity contribution in [1.29, 1.82) is 0 Å². The molecule has 0 N–H and O–H groups in total. The molecule has 0 aliphatic carbocycles. The summed E-state index contributed by atoms with van der Waals surface area (Å²) in [6.07, 6.45) is -0.210. The van der Waals surface area contributed by atoms with Crippen LogP contribution >= 0.6 is 23.2 Å². The van der Waals surface area contributed by atoms with Gasteiger partial charge in [-0.1, -0.05) is 50.0 Å². The number of alkyl halides is 2. The van der Waals surface area contributed by atoms with E-state index >= 15 is 0 Å². The second kappa shape index (κ2) is 7.02. The second-order valence-electron chi connectivity index (χ2n) is 8.29. The lowest BCUT2D eigenvalue weighted by Crippen LogP contribution is -2.27. The van der Waals surface area contributed by atoms with Crippen LogP contribution in [0.25, 0.3) is 11.2 Å². The molecule has 1 aliphatic rings. The minimum Gasteiger partial charge on any atom is -0.348 e. The van der Waals surface area contributed by atoms with Crippen LogP contribution in [-0.2, 0) is 12.0 Å². The van der Waals surface area contributed by atoms with E-state index in [1.165, 1.54) is 4.80 Å². The zero-order chi connectivity index (χ0) is 21.0. The van der Waals surface area contributed by atoms with Crippen molar-refractivity contribution in [3.63, 3.8) is 0 Å². The van der Waals surface area contributed by atoms with E-state index < -0.39 is 12.5 Å². The number of hydrogen-bond acceptors (Lipinski definition) is 5. The highest BCUT2D eigenvalue weighted by atomic mass is 35.5. The highest BCUT2D eigenvalue weighted by Gasteiger charge is 2.40. The Morgan fingerprint density at radius 3 is 2.52 bits per heavy atom. The van der Waals surface area contributed by atoms with Gasteiger partial charge in [-0.15, -0.1) is 10.2 Å². The number of hydrogen-bond donors (Lipinski definition) is 0. The maximum Gasteiger partial charge on any atom is 0.266 e. The monoisotopic (exact) mass is 440 g/mol. The Balaban J connectivity index is 1.79. The van der Waals surface area contributed by atoms with Gasteiger partial charge in [-0.2, -0.15) is 4.80 Å². The van der Waals surface area contributed by atoms with Crippen LogP contribution in [0.1, 0.15) is 38.6 Å². The van der Waals surface area contributed by atoms with Crippen molar-refractivity contribution in [2.75, 3.05) is 18.0 Å². The van der Waals surface area contributed by atoms with E-state index in [-0.39, 0.29) is 18.4 Å². The van der Waals surface area contributed by atoms with Crippen molar-refractivity contribution < 1.29 is 8.78 Å². The van der Waals surface area contributed by atoms with Crippen LogP contribution < -0.4 is 4.90 Å². The zero-order valence-corrected chi connectivity index (χ0v) is 17.8. The Hall–Kier alpha value is -2.06. The third-order valence-corrected chi connectivity index (χ3v) is 5.33. The molecule has 3 heterocycles. The quantitative estimate of drug-likeness (QED) is 0.589. The molecule has 10 heteroatoms. The van der Waals surface area contributed by atoms with Crippen molar-refractivity contribution in [2.45, 2.75) is 45.1 Å². The van der Waals surface area contributed by atoms with Gasteiger partial charge in [0.25, 0.3) is 5.92 Å². The molecular formula is C19H20Cl2F2N6. The van der Waals surface area contributed by atoms with Crippen molar-refractivity contribution >= 4 is 40.2 Å². The summed E-state index contributed by atoms with van der Waals surface area (Å²) < 4.78 is 27.7. The lowest BCUT2D eigenvalue weighted by molar-refractivity contribution is 0.0257. The van der Waals surface area contributed by atoms with E-state index in [1.54, 1.807) is 23.1 Å². The fraction of sp³-hybridized carbons (Fsp3) is 0.474. The van der Waals surface area contributed by atoms with Gasteiger partial charge in [0.15, 0.2) is 11.3 Å². The first-order chi connectivity index (χ1) is 13.5. The molecule has 0 amide bonds. The number of aromatic nitrogens is 5. The van der Waals surface area contributed by atoms with Gasteiger partial charge in [-0.3, -0.25) is 0 Å². The molecule has 2 aromatic heterocycles. The van der Waals surface area contributed by atoms with E-state index in [1.807, 2.05) is 20.8 Å². The normalized spacial score (nSPS) is 16.7. The van der Waals surface area contributed by atoms with Gasteiger partial charge in [-0.25, -0.2) is 18.7 Å². The first-order valence-electron chi connectivity index (χ1n) is 9.22. The zero-order valence-electron chi connectivity index (χ0n) is 16.3. The van der Waals surface area contributed by atoms with Gasteiger partial charge in [-0.05, 0) is 17.7 Å². The van der Waals surface area contributed by atoms with Gasteiger partial charge in [0.05, 0.1) is 13.1 Å². The van der Waals surface area contributed by atoms with Gasteiger partial charge in [0.1, 0.15) is 5.82 Å². The van der Waals surface area contributed by atoms with Crippen LogP contribution in [-0.4, -0.2) is 44.0 Å². The van der Waals surface area contributed by atoms with E-state index in [4.69, 9.17) is 23.2 Å². The Kier molecular flexibility index (Phi) is 4.90. The van der Waals surface area contributed by atoms with Crippen LogP contribution in [0, 0.1) is 0 Å². The maximum atomic E-state index is 13.8. The third-order valence-electron chi connectivity index (χ3n) is 4.74. The number of nitrogens with zero attached hydrogens (tertiary/aromatic N) is 6. The first-order valence-corrected chi connectivity index (χ1v) is 9.97. The Morgan fingerprint density at radius 2 is 1.90 bits per heavy atom. The third kappa shape index (κ3) is 4.14. The molecule has 29 heavy (non-hydrogen) atoms. The molecule has 154 valence electrons. The Labute approximate surface area is 176 Å². The molecule has 0 bridgehead atoms. The average Bonchev–Trinajstić information content (AvgIpc) is 3.18. The van der Waals surface area contributed by atoms with Crippen molar-refractivity contribution in [3.05, 3.63) is 39.6 Å². The Morgan fingerprint density at radius 1 is 1.14 bits per heavy atom. The van der Waals surface area contributed by atoms with Gasteiger partial charge >= 0.3 is 0 Å². The second-order valence-corrected chi connectivity index (χ2v) is 9.13. The van der Waals surface area contributed by atoms with Crippen LogP contribution in [0.2, 0.25) is 10.0 Å². The van der Waals surface area contributed by atoms with Crippen LogP contribution in [0.4, 0.5) is 14.6 Å². The van der Waals surface area contributed by atoms with Crippen LogP contribution in [0.3, 0.4) is 0 Å². The molecule has 0 unspecified atom stereocenters. The predicted molar refractivity (Wildman–Crippen MR) is 109 cm³/mol. The number of fused-ring (bicyclic) bond motifs is 1. The van der Waals surface area contributed by atoms with Gasteiger partial charge < -0.3 is 4.90 Å². The Bertz CT molecular complexity index is 1080. The first kappa shape index (κ1) is 20.2. The van der Waals surface area contributed by atoms with E-state index in [2.05, 4.69) is 20.2 Å². The molecule has 0 atom stereocenters. The summed E-state index contributed by atoms with van der Waals surface area (Å²) in [6, 6.07) is 5.19. The smallest absolute Gasteiger partial charge is 0.266 e. The van der Waals surface area contributed by atoms with Crippen molar-refractivity contribution in [1.82, 2.24) is 25.0 Å². The summed E-state index contributed by atoms with van der Waals surface area (Å²) in [4.78, 5) is 12.2. The maximum absolute atomic E-state index is 13.8. The fourth-order valence-corrected chi connectivity index (χ4v) is 3.65. The molecule has 3 aromatic rings. The highest BCUT2D eigenvalue weighted by Crippen LogP contribution is 2.34. The topological polar surface area (TPSA) is 59.7 Å². The lowest BCUT2D eigenvalue weighted by atomic mass is 9.96. The number of halogens is 4. The molecule has 4 rings (SSSR count). The summed E-state index contributed by atoms with van der Waals surface area (Å²) in [5, 5.41) is 9.99. The van der Waals surface area contributed by atoms with Gasteiger partial charge in [0.2, 0.25) is 5.65 Å². The molecule has 6 nitrogen and oxygen atoms in total. The number of benzene rings is 1. The fourth-order valence-electron chi connectivity index (χ4n) is 3.18. The SMILES string of the molecule is CC(C)(C)c1nc(N2CCC(F)(F)C2)c2nn(Cc3ccc(Cl)cc3Cl)nc2n1. The van der Waals surface area contributed by atoms with Crippen LogP contribution in [0.15, 0.2) is 18.2 Å². The molecule has 1 saturated heterocycles. The molecular weight excluding hydrogens is 421 g/mol. The minimum absolute atomic E-state index is 0.207. The predicted octanol–water partition coefficient (Wildman–Crippen LogP) is 4.72. The number of rotatable bonds is 3.